The number of likely N-dealkylation sites (tertiary alicyclic amines) is 1. The highest BCUT2D eigenvalue weighted by Gasteiger charge is 2.32. The lowest BCUT2D eigenvalue weighted by Crippen LogP contribution is -2.52. The minimum Gasteiger partial charge on any atom is -0.368 e. The Morgan fingerprint density at radius 2 is 1.95 bits per heavy atom. The van der Waals surface area contributed by atoms with Gasteiger partial charge in [0.2, 0.25) is 11.8 Å². The zero-order valence-corrected chi connectivity index (χ0v) is 12.1. The molecular weight excluding hydrogens is 242 g/mol. The van der Waals surface area contributed by atoms with E-state index >= 15 is 0 Å². The van der Waals surface area contributed by atoms with Crippen molar-refractivity contribution in [2.75, 3.05) is 6.54 Å². The molecule has 0 radical (unpaired) electrons. The quantitative estimate of drug-likeness (QED) is 0.754. The smallest absolute Gasteiger partial charge is 0.240 e. The number of hydrogen-bond donors (Lipinski definition) is 2. The summed E-state index contributed by atoms with van der Waals surface area (Å²) in [6.07, 6.45) is 5.32. The lowest BCUT2D eigenvalue weighted by Gasteiger charge is -2.35. The third-order valence-corrected chi connectivity index (χ3v) is 3.83. The Morgan fingerprint density at radius 1 is 1.26 bits per heavy atom. The zero-order valence-electron chi connectivity index (χ0n) is 12.1. The Balaban J connectivity index is 2.51. The van der Waals surface area contributed by atoms with Crippen LogP contribution in [0, 0.1) is 5.92 Å². The van der Waals surface area contributed by atoms with Crippen molar-refractivity contribution in [1.82, 2.24) is 4.90 Å². The fourth-order valence-electron chi connectivity index (χ4n) is 2.64. The van der Waals surface area contributed by atoms with Crippen LogP contribution in [0.2, 0.25) is 0 Å². The first kappa shape index (κ1) is 16.0. The summed E-state index contributed by atoms with van der Waals surface area (Å²) in [6, 6.07) is -0.229. The van der Waals surface area contributed by atoms with E-state index in [0.29, 0.717) is 13.0 Å². The molecule has 0 saturated carbocycles. The molecule has 1 rings (SSSR count). The van der Waals surface area contributed by atoms with E-state index in [1.54, 1.807) is 4.90 Å². The average molecular weight is 269 g/mol. The molecule has 0 aromatic heterocycles. The molecule has 1 fully saturated rings. The van der Waals surface area contributed by atoms with Crippen LogP contribution >= 0.6 is 0 Å². The van der Waals surface area contributed by atoms with Crippen molar-refractivity contribution in [2.24, 2.45) is 17.4 Å². The molecule has 3 atom stereocenters. The maximum atomic E-state index is 12.4. The van der Waals surface area contributed by atoms with Crippen molar-refractivity contribution >= 4 is 11.8 Å². The van der Waals surface area contributed by atoms with Crippen molar-refractivity contribution in [3.8, 4) is 0 Å². The molecule has 0 bridgehead atoms. The average Bonchev–Trinajstić information content (AvgIpc) is 2.37. The van der Waals surface area contributed by atoms with Crippen LogP contribution in [0.25, 0.3) is 0 Å². The highest BCUT2D eigenvalue weighted by Crippen LogP contribution is 2.21. The molecule has 5 nitrogen and oxygen atoms in total. The standard InChI is InChI=1S/C14H27N3O2/c1-10(6-5-7-11(2)15)14(19)17-9-4-3-8-12(17)13(16)18/h10-12H,3-9,15H2,1-2H3,(H2,16,18). The summed E-state index contributed by atoms with van der Waals surface area (Å²) in [5.41, 5.74) is 11.1. The van der Waals surface area contributed by atoms with E-state index in [1.807, 2.05) is 13.8 Å². The number of nitrogens with two attached hydrogens (primary N) is 2. The molecule has 0 aromatic carbocycles. The van der Waals surface area contributed by atoms with Crippen LogP contribution in [0.4, 0.5) is 0 Å². The first-order valence-electron chi connectivity index (χ1n) is 7.29. The Bertz CT molecular complexity index is 318. The van der Waals surface area contributed by atoms with Crippen molar-refractivity contribution in [2.45, 2.75) is 64.5 Å². The zero-order chi connectivity index (χ0) is 14.4. The predicted molar refractivity (Wildman–Crippen MR) is 75.2 cm³/mol. The number of nitrogens with zero attached hydrogens (tertiary/aromatic N) is 1. The fourth-order valence-corrected chi connectivity index (χ4v) is 2.64. The number of piperidine rings is 1. The van der Waals surface area contributed by atoms with Crippen molar-refractivity contribution in [1.29, 1.82) is 0 Å². The molecule has 19 heavy (non-hydrogen) atoms. The van der Waals surface area contributed by atoms with Gasteiger partial charge in [-0.1, -0.05) is 13.3 Å². The molecule has 5 heteroatoms. The predicted octanol–water partition coefficient (Wildman–Crippen LogP) is 1.01. The molecule has 4 N–H and O–H groups in total. The van der Waals surface area contributed by atoms with Crippen LogP contribution in [0.5, 0.6) is 0 Å². The summed E-state index contributed by atoms with van der Waals surface area (Å²) < 4.78 is 0. The number of hydrogen-bond acceptors (Lipinski definition) is 3. The summed E-state index contributed by atoms with van der Waals surface area (Å²) in [5, 5.41) is 0. The van der Waals surface area contributed by atoms with Gasteiger partial charge < -0.3 is 16.4 Å². The molecule has 2 amide bonds. The first-order valence-corrected chi connectivity index (χ1v) is 7.29. The topological polar surface area (TPSA) is 89.4 Å². The number of carbonyl (C=O) groups excluding carboxylic acids is 2. The molecule has 0 aliphatic carbocycles. The summed E-state index contributed by atoms with van der Waals surface area (Å²) in [7, 11) is 0. The van der Waals surface area contributed by atoms with Gasteiger partial charge in [0, 0.05) is 18.5 Å². The Labute approximate surface area is 115 Å². The summed E-state index contributed by atoms with van der Waals surface area (Å²) in [6.45, 7) is 4.56. The monoisotopic (exact) mass is 269 g/mol. The van der Waals surface area contributed by atoms with Gasteiger partial charge in [-0.2, -0.15) is 0 Å². The second-order valence-electron chi connectivity index (χ2n) is 5.75. The molecule has 0 aromatic rings. The van der Waals surface area contributed by atoms with Crippen molar-refractivity contribution < 1.29 is 9.59 Å². The van der Waals surface area contributed by atoms with Crippen LogP contribution in [0.15, 0.2) is 0 Å². The minimum absolute atomic E-state index is 0.0568. The van der Waals surface area contributed by atoms with Gasteiger partial charge in [-0.05, 0) is 39.0 Å². The van der Waals surface area contributed by atoms with Gasteiger partial charge in [-0.25, -0.2) is 0 Å². The van der Waals surface area contributed by atoms with Gasteiger partial charge >= 0.3 is 0 Å². The van der Waals surface area contributed by atoms with E-state index in [4.69, 9.17) is 11.5 Å². The SMILES string of the molecule is CC(N)CCCC(C)C(=O)N1CCCCC1C(N)=O. The third-order valence-electron chi connectivity index (χ3n) is 3.83. The van der Waals surface area contributed by atoms with E-state index in [9.17, 15) is 9.59 Å². The fraction of sp³-hybridized carbons (Fsp3) is 0.857. The number of rotatable bonds is 6. The highest BCUT2D eigenvalue weighted by atomic mass is 16.2. The number of amides is 2. The van der Waals surface area contributed by atoms with Gasteiger partial charge in [0.05, 0.1) is 0 Å². The first-order chi connectivity index (χ1) is 8.93. The minimum atomic E-state index is -0.405. The largest absolute Gasteiger partial charge is 0.368 e. The van der Waals surface area contributed by atoms with Crippen LogP contribution in [0.1, 0.15) is 52.4 Å². The molecule has 1 heterocycles. The summed E-state index contributed by atoms with van der Waals surface area (Å²) in [5.74, 6) is -0.372. The summed E-state index contributed by atoms with van der Waals surface area (Å²) in [4.78, 5) is 25.5. The Morgan fingerprint density at radius 3 is 2.53 bits per heavy atom. The third kappa shape index (κ3) is 4.82. The second kappa shape index (κ2) is 7.48. The Hall–Kier alpha value is -1.10. The molecule has 0 spiro atoms. The van der Waals surface area contributed by atoms with E-state index < -0.39 is 6.04 Å². The maximum Gasteiger partial charge on any atom is 0.240 e. The normalized spacial score (nSPS) is 22.9. The molecule has 1 aliphatic rings. The molecular formula is C14H27N3O2. The van der Waals surface area contributed by atoms with Crippen molar-refractivity contribution in [3.05, 3.63) is 0 Å². The second-order valence-corrected chi connectivity index (χ2v) is 5.75. The van der Waals surface area contributed by atoms with E-state index in [2.05, 4.69) is 0 Å². The van der Waals surface area contributed by atoms with Crippen LogP contribution in [-0.2, 0) is 9.59 Å². The van der Waals surface area contributed by atoms with E-state index in [0.717, 1.165) is 32.1 Å². The van der Waals surface area contributed by atoms with Gasteiger partial charge in [0.1, 0.15) is 6.04 Å². The number of carbonyl (C=O) groups is 2. The van der Waals surface area contributed by atoms with Gasteiger partial charge in [-0.3, -0.25) is 9.59 Å². The highest BCUT2D eigenvalue weighted by molar-refractivity contribution is 5.87. The summed E-state index contributed by atoms with van der Waals surface area (Å²) >= 11 is 0. The lowest BCUT2D eigenvalue weighted by atomic mass is 9.96. The molecule has 1 saturated heterocycles. The molecule has 1 aliphatic heterocycles. The lowest BCUT2D eigenvalue weighted by molar-refractivity contribution is -0.144. The van der Waals surface area contributed by atoms with Gasteiger partial charge in [0.25, 0.3) is 0 Å². The van der Waals surface area contributed by atoms with Crippen molar-refractivity contribution in [3.63, 3.8) is 0 Å². The van der Waals surface area contributed by atoms with Crippen LogP contribution in [-0.4, -0.2) is 35.3 Å². The van der Waals surface area contributed by atoms with E-state index in [1.165, 1.54) is 0 Å². The van der Waals surface area contributed by atoms with Crippen LogP contribution in [0.3, 0.4) is 0 Å². The van der Waals surface area contributed by atoms with Gasteiger partial charge in [-0.15, -0.1) is 0 Å². The van der Waals surface area contributed by atoms with E-state index in [-0.39, 0.29) is 23.8 Å². The maximum absolute atomic E-state index is 12.4. The molecule has 110 valence electrons. The Kier molecular flexibility index (Phi) is 6.28. The van der Waals surface area contributed by atoms with Crippen LogP contribution < -0.4 is 11.5 Å². The molecule has 3 unspecified atom stereocenters. The van der Waals surface area contributed by atoms with Gasteiger partial charge in [0.15, 0.2) is 0 Å². The number of primary amides is 1.